The van der Waals surface area contributed by atoms with Crippen LogP contribution in [0.1, 0.15) is 32.2 Å². The maximum Gasteiger partial charge on any atom is 0.349 e. The number of nitrogens with zero attached hydrogens (tertiary/aromatic N) is 8. The summed E-state index contributed by atoms with van der Waals surface area (Å²) in [5.74, 6) is 0. The van der Waals surface area contributed by atoms with Crippen LogP contribution in [0.5, 0.6) is 0 Å². The third-order valence-electron chi connectivity index (χ3n) is 6.38. The van der Waals surface area contributed by atoms with Gasteiger partial charge in [0.1, 0.15) is 22.4 Å². The number of hydrogen-bond acceptors (Lipinski definition) is 8. The molecule has 2 atom stereocenters. The van der Waals surface area contributed by atoms with Crippen molar-refractivity contribution < 1.29 is 9.15 Å². The van der Waals surface area contributed by atoms with Crippen LogP contribution >= 0.6 is 0 Å². The summed E-state index contributed by atoms with van der Waals surface area (Å²) < 4.78 is 15.6. The molecule has 174 valence electrons. The lowest BCUT2D eigenvalue weighted by Gasteiger charge is -2.30. The molecular weight excluding hydrogens is 436 g/mol. The molecule has 6 heterocycles. The van der Waals surface area contributed by atoms with Crippen LogP contribution in [-0.4, -0.2) is 52.0 Å². The topological polar surface area (TPSA) is 119 Å². The Balaban J connectivity index is 1.65. The van der Waals surface area contributed by atoms with Crippen molar-refractivity contribution in [3.8, 4) is 22.6 Å². The second-order valence-corrected chi connectivity index (χ2v) is 8.64. The highest BCUT2D eigenvalue weighted by molar-refractivity contribution is 6.05. The minimum Gasteiger partial charge on any atom is -0.450 e. The van der Waals surface area contributed by atoms with E-state index in [0.717, 1.165) is 19.3 Å². The van der Waals surface area contributed by atoms with Crippen molar-refractivity contribution in [1.29, 1.82) is 0 Å². The number of furan rings is 1. The van der Waals surface area contributed by atoms with Gasteiger partial charge in [-0.2, -0.15) is 25.1 Å². The summed E-state index contributed by atoms with van der Waals surface area (Å²) in [6, 6.07) is 3.63. The van der Waals surface area contributed by atoms with Gasteiger partial charge in [-0.25, -0.2) is 9.78 Å². The Morgan fingerprint density at radius 3 is 2.74 bits per heavy atom. The highest BCUT2D eigenvalue weighted by Crippen LogP contribution is 2.37. The van der Waals surface area contributed by atoms with Crippen LogP contribution < -0.4 is 5.69 Å². The van der Waals surface area contributed by atoms with E-state index in [9.17, 15) is 4.79 Å². The van der Waals surface area contributed by atoms with Crippen LogP contribution in [0.2, 0.25) is 0 Å². The zero-order valence-corrected chi connectivity index (χ0v) is 19.2. The molecule has 11 heteroatoms. The summed E-state index contributed by atoms with van der Waals surface area (Å²) in [7, 11) is 3.58. The molecule has 11 nitrogen and oxygen atoms in total. The molecule has 0 saturated carbocycles. The quantitative estimate of drug-likeness (QED) is 0.402. The van der Waals surface area contributed by atoms with Crippen molar-refractivity contribution in [2.24, 2.45) is 14.1 Å². The molecule has 1 fully saturated rings. The van der Waals surface area contributed by atoms with Crippen LogP contribution in [0.3, 0.4) is 0 Å². The lowest BCUT2D eigenvalue weighted by molar-refractivity contribution is -0.00710. The smallest absolute Gasteiger partial charge is 0.349 e. The zero-order chi connectivity index (χ0) is 23.4. The van der Waals surface area contributed by atoms with Gasteiger partial charge in [0.2, 0.25) is 0 Å². The van der Waals surface area contributed by atoms with Gasteiger partial charge < -0.3 is 9.15 Å². The van der Waals surface area contributed by atoms with Crippen LogP contribution in [-0.2, 0) is 18.8 Å². The van der Waals surface area contributed by atoms with Gasteiger partial charge in [0.15, 0.2) is 11.2 Å². The van der Waals surface area contributed by atoms with E-state index in [2.05, 4.69) is 27.2 Å². The Labute approximate surface area is 194 Å². The van der Waals surface area contributed by atoms with Gasteiger partial charge in [0.05, 0.1) is 24.2 Å². The molecule has 5 aromatic heterocycles. The largest absolute Gasteiger partial charge is 0.450 e. The van der Waals surface area contributed by atoms with Crippen molar-refractivity contribution in [2.45, 2.75) is 38.3 Å². The van der Waals surface area contributed by atoms with Crippen LogP contribution in [0, 0.1) is 0 Å². The molecule has 0 spiro atoms. The van der Waals surface area contributed by atoms with Gasteiger partial charge in [-0.05, 0) is 31.4 Å². The predicted molar refractivity (Wildman–Crippen MR) is 124 cm³/mol. The molecule has 6 rings (SSSR count). The van der Waals surface area contributed by atoms with Crippen molar-refractivity contribution >= 4 is 22.2 Å². The third-order valence-corrected chi connectivity index (χ3v) is 6.38. The van der Waals surface area contributed by atoms with Gasteiger partial charge in [-0.1, -0.05) is 6.92 Å². The van der Waals surface area contributed by atoms with Gasteiger partial charge in [-0.15, -0.1) is 0 Å². The van der Waals surface area contributed by atoms with Crippen molar-refractivity contribution in [3.63, 3.8) is 0 Å². The normalized spacial score (nSPS) is 18.8. The molecule has 0 bridgehead atoms. The molecule has 0 N–H and O–H groups in total. The van der Waals surface area contributed by atoms with Gasteiger partial charge >= 0.3 is 5.69 Å². The van der Waals surface area contributed by atoms with E-state index in [1.165, 1.54) is 4.80 Å². The van der Waals surface area contributed by atoms with Crippen molar-refractivity contribution in [2.75, 3.05) is 6.61 Å². The Kier molecular flexibility index (Phi) is 4.80. The second-order valence-electron chi connectivity index (χ2n) is 8.64. The summed E-state index contributed by atoms with van der Waals surface area (Å²) in [6.45, 7) is 2.69. The summed E-state index contributed by atoms with van der Waals surface area (Å²) in [6.07, 6.45) is 7.59. The van der Waals surface area contributed by atoms with E-state index < -0.39 is 0 Å². The second kappa shape index (κ2) is 7.87. The average Bonchev–Trinajstić information content (AvgIpc) is 3.57. The number of hydrogen-bond donors (Lipinski definition) is 0. The predicted octanol–water partition coefficient (Wildman–Crippen LogP) is 2.86. The monoisotopic (exact) mass is 460 g/mol. The van der Waals surface area contributed by atoms with Crippen LogP contribution in [0.15, 0.2) is 39.9 Å². The van der Waals surface area contributed by atoms with E-state index in [4.69, 9.17) is 14.1 Å². The lowest BCUT2D eigenvalue weighted by atomic mass is 10.0. The minimum absolute atomic E-state index is 0.0630. The molecule has 0 amide bonds. The molecule has 1 aliphatic heterocycles. The van der Waals surface area contributed by atoms with E-state index in [-0.39, 0.29) is 17.8 Å². The first kappa shape index (κ1) is 20.7. The third kappa shape index (κ3) is 3.31. The lowest BCUT2D eigenvalue weighted by Crippen LogP contribution is -2.34. The summed E-state index contributed by atoms with van der Waals surface area (Å²) in [5, 5.41) is 12.8. The first-order valence-corrected chi connectivity index (χ1v) is 11.3. The fraction of sp³-hybridized carbons (Fsp3) is 0.391. The molecular formula is C23H24N8O3. The molecule has 0 aromatic carbocycles. The average molecular weight is 460 g/mol. The molecule has 0 unspecified atom stereocenters. The molecule has 34 heavy (non-hydrogen) atoms. The fourth-order valence-corrected chi connectivity index (χ4v) is 4.71. The Hall–Kier alpha value is -3.86. The summed E-state index contributed by atoms with van der Waals surface area (Å²) in [4.78, 5) is 24.3. The molecule has 1 aliphatic rings. The Morgan fingerprint density at radius 2 is 2.00 bits per heavy atom. The number of aromatic nitrogens is 8. The molecule has 1 saturated heterocycles. The van der Waals surface area contributed by atoms with Gasteiger partial charge in [0.25, 0.3) is 0 Å². The standard InChI is InChI=1S/C23H24N8O3/c1-4-15-9-14(7-8-33-15)31-21-20-18(6-5-16(26-20)17-11-25-30(3)28-17)34-22(21)19(27-23(31)32)13-10-24-29(2)12-13/h5-6,10-12,14-15H,4,7-9H2,1-3H3/t14-,15-/m0/s1. The van der Waals surface area contributed by atoms with Gasteiger partial charge in [-0.3, -0.25) is 9.25 Å². The van der Waals surface area contributed by atoms with Crippen molar-refractivity contribution in [1.82, 2.24) is 39.3 Å². The van der Waals surface area contributed by atoms with E-state index in [0.29, 0.717) is 51.5 Å². The SMILES string of the molecule is CC[C@H]1C[C@@H](n2c(=O)nc(-c3cnn(C)c3)c3oc4ccc(-c5cnn(C)n5)nc4c32)CCO1. The fourth-order valence-electron chi connectivity index (χ4n) is 4.71. The van der Waals surface area contributed by atoms with E-state index >= 15 is 0 Å². The van der Waals surface area contributed by atoms with Gasteiger partial charge in [0, 0.05) is 38.5 Å². The Bertz CT molecular complexity index is 1580. The number of aryl methyl sites for hydroxylation is 2. The number of fused-ring (bicyclic) bond motifs is 3. The number of rotatable bonds is 4. The molecule has 5 aromatic rings. The maximum atomic E-state index is 13.5. The first-order valence-electron chi connectivity index (χ1n) is 11.3. The van der Waals surface area contributed by atoms with E-state index in [1.54, 1.807) is 28.7 Å². The number of pyridine rings is 1. The summed E-state index contributed by atoms with van der Waals surface area (Å²) in [5.41, 5.74) is 4.47. The maximum absolute atomic E-state index is 13.5. The molecule has 0 radical (unpaired) electrons. The Morgan fingerprint density at radius 1 is 1.12 bits per heavy atom. The molecule has 0 aliphatic carbocycles. The minimum atomic E-state index is -0.331. The zero-order valence-electron chi connectivity index (χ0n) is 19.2. The van der Waals surface area contributed by atoms with E-state index in [1.807, 2.05) is 25.4 Å². The van der Waals surface area contributed by atoms with Crippen molar-refractivity contribution in [3.05, 3.63) is 41.2 Å². The van der Waals surface area contributed by atoms with Crippen LogP contribution in [0.4, 0.5) is 0 Å². The summed E-state index contributed by atoms with van der Waals surface area (Å²) >= 11 is 0. The highest BCUT2D eigenvalue weighted by atomic mass is 16.5. The number of ether oxygens (including phenoxy) is 1. The first-order chi connectivity index (χ1) is 16.5. The highest BCUT2D eigenvalue weighted by Gasteiger charge is 2.29. The van der Waals surface area contributed by atoms with Crippen LogP contribution in [0.25, 0.3) is 44.8 Å².